The normalized spacial score (nSPS) is 13.1. The molecule has 1 aromatic heterocycles. The number of aromatic nitrogens is 1. The molecule has 0 fully saturated rings. The van der Waals surface area contributed by atoms with E-state index in [9.17, 15) is 0 Å². The van der Waals surface area contributed by atoms with Crippen molar-refractivity contribution < 1.29 is 0 Å². The Labute approximate surface area is 414 Å². The third-order valence-corrected chi connectivity index (χ3v) is 11.5. The van der Waals surface area contributed by atoms with Gasteiger partial charge in [0.1, 0.15) is 0 Å². The lowest BCUT2D eigenvalue weighted by molar-refractivity contribution is 0.945. The number of aryl methyl sites for hydroxylation is 1. The van der Waals surface area contributed by atoms with Gasteiger partial charge in [-0.1, -0.05) is 203 Å². The van der Waals surface area contributed by atoms with Crippen LogP contribution < -0.4 is 22.5 Å². The fraction of sp³-hybridized carbons (Fsp3) is 0.219. The maximum Gasteiger partial charge on any atom is 0.0465 e. The van der Waals surface area contributed by atoms with Crippen LogP contribution in [0.5, 0.6) is 0 Å². The number of nitrogens with two attached hydrogens (primary N) is 3. The van der Waals surface area contributed by atoms with Crippen LogP contribution in [0.15, 0.2) is 212 Å². The quantitative estimate of drug-likeness (QED) is 0.110. The third-order valence-electron chi connectivity index (χ3n) is 11.5. The number of hydrogen-bond acceptors (Lipinski definition) is 4. The fourth-order valence-electron chi connectivity index (χ4n) is 7.94. The van der Waals surface area contributed by atoms with Gasteiger partial charge in [-0.3, -0.25) is 0 Å². The first-order valence-corrected chi connectivity index (χ1v) is 24.8. The Hall–Kier alpha value is -7.02. The topological polar surface area (TPSA) is 106 Å². The molecule has 0 aliphatic heterocycles. The van der Waals surface area contributed by atoms with Crippen molar-refractivity contribution in [2.45, 2.75) is 79.8 Å². The van der Waals surface area contributed by atoms with E-state index in [2.05, 4.69) is 181 Å². The Morgan fingerprint density at radius 1 is 0.522 bits per heavy atom. The van der Waals surface area contributed by atoms with Gasteiger partial charge in [0, 0.05) is 54.1 Å². The van der Waals surface area contributed by atoms with Crippen LogP contribution in [0, 0.1) is 6.92 Å². The molecular weight excluding hydrogens is 839 g/mol. The molecule has 0 unspecified atom stereocenters. The predicted molar refractivity (Wildman–Crippen MR) is 305 cm³/mol. The van der Waals surface area contributed by atoms with Crippen LogP contribution in [0.3, 0.4) is 0 Å². The molecule has 3 aliphatic rings. The second-order valence-corrected chi connectivity index (χ2v) is 15.9. The standard InChI is InChI=1S/C39H35N3.C7H9N.C7H8.C6H8.2C2H6.CH5N/c1-41-34-17-14-28(20-33(21-34)35-22-29(12-13-32(35)25-40)26-8-4-2-5-9-26)31-16-19-39-37(24-31)36-23-30(15-18-38(36)42-39)27-10-6-3-7-11-27;8-6-7-4-2-1-3-5-7;1-7-5-3-2-4-6-7;1-2-4-6-5-3-1;3*1-2/h2-6,8-10,12-20,22-24,41-42H,7,11,21,25,40H2,1H3;1-5H,6,8H2;2-6H,1H3;1-4H,5-6H2;2*1-2H3;2H2,1H3. The highest BCUT2D eigenvalue weighted by Gasteiger charge is 2.16. The lowest BCUT2D eigenvalue weighted by atomic mass is 9.90. The van der Waals surface area contributed by atoms with Gasteiger partial charge in [-0.25, -0.2) is 0 Å². The number of rotatable bonds is 7. The van der Waals surface area contributed by atoms with E-state index in [0.717, 1.165) is 30.3 Å². The van der Waals surface area contributed by atoms with Gasteiger partial charge < -0.3 is 27.5 Å². The Balaban J connectivity index is 0.000000311. The zero-order valence-corrected chi connectivity index (χ0v) is 42.3. The van der Waals surface area contributed by atoms with Gasteiger partial charge in [0.15, 0.2) is 0 Å². The largest absolute Gasteiger partial charge is 0.391 e. The molecule has 0 radical (unpaired) electrons. The van der Waals surface area contributed by atoms with E-state index < -0.39 is 0 Å². The Morgan fingerprint density at radius 2 is 1.09 bits per heavy atom. The van der Waals surface area contributed by atoms with Crippen LogP contribution in [0.25, 0.3) is 49.7 Å². The molecule has 0 atom stereocenters. The predicted octanol–water partition coefficient (Wildman–Crippen LogP) is 15.8. The molecule has 5 nitrogen and oxygen atoms in total. The van der Waals surface area contributed by atoms with Crippen molar-refractivity contribution in [3.8, 4) is 11.1 Å². The summed E-state index contributed by atoms with van der Waals surface area (Å²) in [6.45, 7) is 11.2. The summed E-state index contributed by atoms with van der Waals surface area (Å²) in [4.78, 5) is 3.63. The first-order valence-electron chi connectivity index (χ1n) is 24.8. The first kappa shape index (κ1) is 54.6. The van der Waals surface area contributed by atoms with Gasteiger partial charge in [-0.2, -0.15) is 0 Å². The third kappa shape index (κ3) is 16.6. The molecule has 0 saturated carbocycles. The molecule has 358 valence electrons. The van der Waals surface area contributed by atoms with Crippen molar-refractivity contribution in [2.75, 3.05) is 14.1 Å². The molecule has 0 spiro atoms. The highest BCUT2D eigenvalue weighted by Crippen LogP contribution is 2.37. The first-order chi connectivity index (χ1) is 34.0. The smallest absolute Gasteiger partial charge is 0.0465 e. The molecule has 69 heavy (non-hydrogen) atoms. The SMILES string of the molecule is C1=CCCC=C1.CC.CC.CN.CNC1=CC=C(c2ccc3[nH]c4ccc(C5=CC=CCC5)cc4c3c2)C=C(c2cc(-c3ccccc3)ccc2CN)C1.Cc1ccccc1.NCc1ccccc1. The van der Waals surface area contributed by atoms with Crippen LogP contribution in [-0.4, -0.2) is 19.1 Å². The molecule has 10 rings (SSSR count). The molecule has 0 amide bonds. The van der Waals surface area contributed by atoms with Gasteiger partial charge in [0.05, 0.1) is 0 Å². The summed E-state index contributed by atoms with van der Waals surface area (Å²) in [7, 11) is 3.50. The van der Waals surface area contributed by atoms with Crippen LogP contribution in [0.4, 0.5) is 0 Å². The minimum atomic E-state index is 0.495. The van der Waals surface area contributed by atoms with E-state index in [1.54, 1.807) is 0 Å². The number of allylic oxidation sites excluding steroid dienone is 13. The average Bonchev–Trinajstić information content (AvgIpc) is 3.67. The number of H-pyrrole nitrogens is 1. The Morgan fingerprint density at radius 3 is 1.59 bits per heavy atom. The lowest BCUT2D eigenvalue weighted by Gasteiger charge is -2.16. The number of hydrogen-bond donors (Lipinski definition) is 5. The molecule has 5 heteroatoms. The van der Waals surface area contributed by atoms with Crippen molar-refractivity contribution in [1.29, 1.82) is 0 Å². The van der Waals surface area contributed by atoms with Crippen LogP contribution in [-0.2, 0) is 13.1 Å². The summed E-state index contributed by atoms with van der Waals surface area (Å²) in [6.07, 6.45) is 27.5. The van der Waals surface area contributed by atoms with Gasteiger partial charge in [-0.05, 0) is 132 Å². The van der Waals surface area contributed by atoms with Crippen molar-refractivity contribution in [3.63, 3.8) is 0 Å². The summed E-state index contributed by atoms with van der Waals surface area (Å²) in [6, 6.07) is 51.1. The highest BCUT2D eigenvalue weighted by molar-refractivity contribution is 6.09. The molecule has 1 heterocycles. The second-order valence-electron chi connectivity index (χ2n) is 15.9. The molecule has 3 aliphatic carbocycles. The van der Waals surface area contributed by atoms with E-state index in [1.165, 1.54) is 97.5 Å². The monoisotopic (exact) mass is 916 g/mol. The fourth-order valence-corrected chi connectivity index (χ4v) is 7.94. The second kappa shape index (κ2) is 31.1. The van der Waals surface area contributed by atoms with Crippen molar-refractivity contribution >= 4 is 38.5 Å². The zero-order valence-electron chi connectivity index (χ0n) is 42.3. The molecular formula is C64H77N5. The number of fused-ring (bicyclic) bond motifs is 3. The van der Waals surface area contributed by atoms with Gasteiger partial charge >= 0.3 is 0 Å². The van der Waals surface area contributed by atoms with Crippen molar-refractivity contribution in [1.82, 2.24) is 10.3 Å². The van der Waals surface area contributed by atoms with Gasteiger partial charge in [0.2, 0.25) is 0 Å². The minimum Gasteiger partial charge on any atom is -0.391 e. The summed E-state index contributed by atoms with van der Waals surface area (Å²) >= 11 is 0. The molecule has 0 saturated heterocycles. The van der Waals surface area contributed by atoms with Crippen LogP contribution >= 0.6 is 0 Å². The summed E-state index contributed by atoms with van der Waals surface area (Å²) in [5.41, 5.74) is 33.3. The van der Waals surface area contributed by atoms with Crippen LogP contribution in [0.1, 0.15) is 93.2 Å². The maximum atomic E-state index is 6.28. The van der Waals surface area contributed by atoms with E-state index >= 15 is 0 Å². The Kier molecular flexibility index (Phi) is 24.6. The average molecular weight is 916 g/mol. The van der Waals surface area contributed by atoms with Gasteiger partial charge in [0.25, 0.3) is 0 Å². The summed E-state index contributed by atoms with van der Waals surface area (Å²) in [5, 5.41) is 5.94. The van der Waals surface area contributed by atoms with Crippen LogP contribution in [0.2, 0.25) is 0 Å². The Bertz CT molecular complexity index is 2790. The van der Waals surface area contributed by atoms with E-state index in [1.807, 2.05) is 83.3 Å². The van der Waals surface area contributed by atoms with E-state index in [-0.39, 0.29) is 0 Å². The molecule has 7 aromatic rings. The van der Waals surface area contributed by atoms with Crippen molar-refractivity contribution in [3.05, 3.63) is 245 Å². The number of benzene rings is 6. The lowest BCUT2D eigenvalue weighted by Crippen LogP contribution is -2.07. The van der Waals surface area contributed by atoms with Gasteiger partial charge in [-0.15, -0.1) is 0 Å². The summed E-state index contributed by atoms with van der Waals surface area (Å²) in [5.74, 6) is 0. The van der Waals surface area contributed by atoms with Crippen molar-refractivity contribution in [2.24, 2.45) is 17.2 Å². The number of nitrogens with one attached hydrogen (secondary N) is 2. The highest BCUT2D eigenvalue weighted by atomic mass is 14.8. The van der Waals surface area contributed by atoms with E-state index in [0.29, 0.717) is 13.1 Å². The van der Waals surface area contributed by atoms with E-state index in [4.69, 9.17) is 11.5 Å². The summed E-state index contributed by atoms with van der Waals surface area (Å²) < 4.78 is 0. The zero-order chi connectivity index (χ0) is 49.6. The minimum absolute atomic E-state index is 0.495. The maximum absolute atomic E-state index is 6.28. The molecule has 8 N–H and O–H groups in total. The molecule has 0 bridgehead atoms. The molecule has 6 aromatic carbocycles. The number of aromatic amines is 1.